The molecule has 4 saturated carbocycles. The van der Waals surface area contributed by atoms with Crippen molar-refractivity contribution >= 4 is 15.8 Å². The third kappa shape index (κ3) is 6.54. The second-order valence-electron chi connectivity index (χ2n) is 20.4. The van der Waals surface area contributed by atoms with Crippen LogP contribution >= 0.6 is 0 Å². The summed E-state index contributed by atoms with van der Waals surface area (Å²) in [6, 6.07) is 2.04. The topological polar surface area (TPSA) is 122 Å². The molecule has 55 heavy (non-hydrogen) atoms. The Kier molecular flexibility index (Phi) is 10.2. The molecule has 0 spiro atoms. The lowest BCUT2D eigenvalue weighted by molar-refractivity contribution is -0.218. The van der Waals surface area contributed by atoms with Crippen LogP contribution in [-0.2, 0) is 14.6 Å². The van der Waals surface area contributed by atoms with E-state index in [-0.39, 0.29) is 16.4 Å². The molecule has 2 N–H and O–H groups in total. The van der Waals surface area contributed by atoms with Gasteiger partial charge in [-0.15, -0.1) is 0 Å². The molecule has 0 amide bonds. The van der Waals surface area contributed by atoms with Crippen molar-refractivity contribution in [2.24, 2.45) is 50.7 Å². The van der Waals surface area contributed by atoms with Crippen molar-refractivity contribution in [3.8, 4) is 6.01 Å². The highest BCUT2D eigenvalue weighted by molar-refractivity contribution is 7.91. The van der Waals surface area contributed by atoms with E-state index in [2.05, 4.69) is 67.0 Å². The molecule has 6 unspecified atom stereocenters. The smallest absolute Gasteiger partial charge is 0.316 e. The Bertz CT molecular complexity index is 1780. The predicted molar refractivity (Wildman–Crippen MR) is 216 cm³/mol. The number of carboxylic acids is 1. The average molecular weight is 777 g/mol. The fourth-order valence-corrected chi connectivity index (χ4v) is 16.1. The zero-order chi connectivity index (χ0) is 38.9. The van der Waals surface area contributed by atoms with Crippen LogP contribution in [0.15, 0.2) is 41.8 Å². The second kappa shape index (κ2) is 14.2. The normalized spacial score (nSPS) is 42.1. The van der Waals surface area contributed by atoms with E-state index in [1.165, 1.54) is 68.9 Å². The van der Waals surface area contributed by atoms with Crippen molar-refractivity contribution in [3.05, 3.63) is 41.8 Å². The van der Waals surface area contributed by atoms with Crippen LogP contribution in [0.4, 0.5) is 0 Å². The maximum absolute atomic E-state index is 12.7. The van der Waals surface area contributed by atoms with Crippen LogP contribution in [0.1, 0.15) is 125 Å². The number of allylic oxidation sites excluding steroid dienone is 4. The van der Waals surface area contributed by atoms with Gasteiger partial charge in [-0.1, -0.05) is 53.2 Å². The summed E-state index contributed by atoms with van der Waals surface area (Å²) in [7, 11) is -2.85. The standard InChI is InChI=1S/C45H68N4O5S/c1-40(2)33(32-11-18-44(19-12-32,38(50)51)22-29-54-39-46-23-7-24-47-39)13-16-41(3)36(40)14-17-43(5)37(41)10-9-34-35-8-6-15-45(35,21-20-42(34,43)4)48-25-26-49-27-30-55(52,53)31-28-49/h7,11,13,23-24,34-37,48H,6,8-10,12,14-22,25-31H2,1-5H3,(H,50,51)/t34?,35-,36?,37?,41?,42-,43?,44?,45+/m1/s1. The Morgan fingerprint density at radius 1 is 0.891 bits per heavy atom. The molecule has 304 valence electrons. The average Bonchev–Trinajstić information content (AvgIpc) is 3.57. The summed E-state index contributed by atoms with van der Waals surface area (Å²) in [5.41, 5.74) is 3.21. The number of carbonyl (C=O) groups is 1. The van der Waals surface area contributed by atoms with Crippen molar-refractivity contribution in [2.75, 3.05) is 44.3 Å². The van der Waals surface area contributed by atoms with Gasteiger partial charge in [0.1, 0.15) is 0 Å². The van der Waals surface area contributed by atoms with Crippen LogP contribution in [0, 0.1) is 50.7 Å². The molecule has 10 heteroatoms. The number of rotatable bonds is 10. The molecule has 0 radical (unpaired) electrons. The highest BCUT2D eigenvalue weighted by Gasteiger charge is 2.69. The van der Waals surface area contributed by atoms with E-state index in [1.54, 1.807) is 18.5 Å². The van der Waals surface area contributed by atoms with Gasteiger partial charge in [-0.3, -0.25) is 4.79 Å². The third-order valence-electron chi connectivity index (χ3n) is 18.0. The fourth-order valence-electron chi connectivity index (χ4n) is 14.8. The molecule has 0 aromatic carbocycles. The first-order valence-corrected chi connectivity index (χ1v) is 23.6. The molecule has 1 aliphatic heterocycles. The zero-order valence-electron chi connectivity index (χ0n) is 34.4. The van der Waals surface area contributed by atoms with Gasteiger partial charge in [0, 0.05) is 44.1 Å². The fraction of sp³-hybridized carbons (Fsp3) is 0.800. The van der Waals surface area contributed by atoms with Gasteiger partial charge in [0.05, 0.1) is 23.5 Å². The van der Waals surface area contributed by atoms with E-state index in [0.29, 0.717) is 79.1 Å². The molecule has 9 atom stereocenters. The van der Waals surface area contributed by atoms with Gasteiger partial charge in [0.15, 0.2) is 9.84 Å². The van der Waals surface area contributed by atoms with E-state index < -0.39 is 21.2 Å². The molecule has 1 aromatic heterocycles. The van der Waals surface area contributed by atoms with E-state index in [0.717, 1.165) is 37.8 Å². The largest absolute Gasteiger partial charge is 0.481 e. The molecule has 0 bridgehead atoms. The van der Waals surface area contributed by atoms with Gasteiger partial charge in [-0.2, -0.15) is 0 Å². The first kappa shape index (κ1) is 39.5. The summed E-state index contributed by atoms with van der Waals surface area (Å²) in [6.45, 7) is 16.7. The van der Waals surface area contributed by atoms with Crippen LogP contribution in [0.2, 0.25) is 0 Å². The molecular formula is C45H68N4O5S. The van der Waals surface area contributed by atoms with Gasteiger partial charge in [0.2, 0.25) is 0 Å². The summed E-state index contributed by atoms with van der Waals surface area (Å²) in [5, 5.41) is 14.6. The summed E-state index contributed by atoms with van der Waals surface area (Å²) >= 11 is 0. The van der Waals surface area contributed by atoms with Crippen molar-refractivity contribution in [2.45, 2.75) is 130 Å². The van der Waals surface area contributed by atoms with E-state index in [9.17, 15) is 18.3 Å². The molecule has 2 heterocycles. The lowest BCUT2D eigenvalue weighted by atomic mass is 9.33. The van der Waals surface area contributed by atoms with Crippen molar-refractivity contribution in [1.29, 1.82) is 0 Å². The molecule has 8 rings (SSSR count). The lowest BCUT2D eigenvalue weighted by Crippen LogP contribution is -2.67. The quantitative estimate of drug-likeness (QED) is 0.244. The van der Waals surface area contributed by atoms with E-state index in [1.807, 2.05) is 0 Å². The number of sulfone groups is 1. The lowest BCUT2D eigenvalue weighted by Gasteiger charge is -2.72. The number of carboxylic acid groups (broad SMARTS) is 1. The number of aromatic nitrogens is 2. The minimum atomic E-state index is -2.85. The molecule has 6 aliphatic carbocycles. The monoisotopic (exact) mass is 776 g/mol. The molecule has 9 nitrogen and oxygen atoms in total. The summed E-state index contributed by atoms with van der Waals surface area (Å²) < 4.78 is 29.7. The third-order valence-corrected chi connectivity index (χ3v) is 19.7. The number of aliphatic carboxylic acids is 1. The predicted octanol–water partition coefficient (Wildman–Crippen LogP) is 7.89. The maximum Gasteiger partial charge on any atom is 0.316 e. The molecule has 1 saturated heterocycles. The number of nitrogens with one attached hydrogen (secondary N) is 1. The van der Waals surface area contributed by atoms with Crippen LogP contribution in [0.3, 0.4) is 0 Å². The van der Waals surface area contributed by atoms with Gasteiger partial charge in [-0.05, 0) is 146 Å². The SMILES string of the molecule is CC1(C)C(C2=CCC(CCOc3ncccn3)(C(=O)O)CC2)=CCC2(C)C1CCC1(C)C2CCC2[C@H]3CCC[C@]3(NCCN3CCS(=O)(=O)CC3)CC[C@]21C. The molecular weight excluding hydrogens is 709 g/mol. The van der Waals surface area contributed by atoms with Gasteiger partial charge < -0.3 is 20.1 Å². The number of hydrogen-bond donors (Lipinski definition) is 2. The van der Waals surface area contributed by atoms with Gasteiger partial charge in [0.25, 0.3) is 0 Å². The van der Waals surface area contributed by atoms with E-state index >= 15 is 0 Å². The summed E-state index contributed by atoms with van der Waals surface area (Å²) in [4.78, 5) is 23.3. The van der Waals surface area contributed by atoms with Crippen molar-refractivity contribution in [1.82, 2.24) is 20.2 Å². The van der Waals surface area contributed by atoms with Crippen molar-refractivity contribution in [3.63, 3.8) is 0 Å². The first-order chi connectivity index (χ1) is 26.1. The molecule has 1 aromatic rings. The van der Waals surface area contributed by atoms with Gasteiger partial charge >= 0.3 is 12.0 Å². The Hall–Kier alpha value is -2.30. The van der Waals surface area contributed by atoms with Crippen LogP contribution in [0.25, 0.3) is 0 Å². The van der Waals surface area contributed by atoms with Crippen LogP contribution in [-0.4, -0.2) is 84.2 Å². The zero-order valence-corrected chi connectivity index (χ0v) is 35.2. The van der Waals surface area contributed by atoms with Crippen molar-refractivity contribution < 1.29 is 23.1 Å². The Morgan fingerprint density at radius 2 is 1.65 bits per heavy atom. The number of fused-ring (bicyclic) bond motifs is 7. The Morgan fingerprint density at radius 3 is 2.36 bits per heavy atom. The highest BCUT2D eigenvalue weighted by atomic mass is 32.2. The minimum Gasteiger partial charge on any atom is -0.481 e. The molecule has 7 aliphatic rings. The summed E-state index contributed by atoms with van der Waals surface area (Å²) in [5.74, 6) is 2.68. The minimum absolute atomic E-state index is 0.0323. The number of nitrogens with zero attached hydrogens (tertiary/aromatic N) is 3. The van der Waals surface area contributed by atoms with Crippen LogP contribution < -0.4 is 10.1 Å². The highest BCUT2D eigenvalue weighted by Crippen LogP contribution is 2.76. The molecule has 5 fully saturated rings. The van der Waals surface area contributed by atoms with Gasteiger partial charge in [-0.25, -0.2) is 18.4 Å². The summed E-state index contributed by atoms with van der Waals surface area (Å²) in [6.07, 6.45) is 23.5. The number of ether oxygens (including phenoxy) is 1. The first-order valence-electron chi connectivity index (χ1n) is 21.8. The Labute approximate surface area is 330 Å². The number of hydrogen-bond acceptors (Lipinski definition) is 8. The Balaban J connectivity index is 0.962. The second-order valence-corrected chi connectivity index (χ2v) is 22.7. The van der Waals surface area contributed by atoms with E-state index in [4.69, 9.17) is 4.74 Å². The maximum atomic E-state index is 12.7. The van der Waals surface area contributed by atoms with Crippen LogP contribution in [0.5, 0.6) is 6.01 Å².